The van der Waals surface area contributed by atoms with Gasteiger partial charge in [-0.3, -0.25) is 9.38 Å². The standard InChI is InChI=1S/C11H16FN3/c12-7-5-9-1-3-10(4-2-9)6-8-15-11(13)14/h1-4H,5-8H2,(H4,13,14,15). The quantitative estimate of drug-likeness (QED) is 0.561. The molecular weight excluding hydrogens is 193 g/mol. The number of alkyl halides is 1. The molecule has 0 aliphatic carbocycles. The molecule has 0 aliphatic rings. The van der Waals surface area contributed by atoms with Crippen molar-refractivity contribution in [3.05, 3.63) is 35.4 Å². The van der Waals surface area contributed by atoms with Gasteiger partial charge in [-0.25, -0.2) is 0 Å². The first kappa shape index (κ1) is 11.5. The van der Waals surface area contributed by atoms with Crippen molar-refractivity contribution in [2.75, 3.05) is 13.2 Å². The minimum atomic E-state index is -0.312. The van der Waals surface area contributed by atoms with Crippen molar-refractivity contribution in [1.82, 2.24) is 0 Å². The van der Waals surface area contributed by atoms with E-state index in [2.05, 4.69) is 4.99 Å². The molecule has 0 saturated heterocycles. The summed E-state index contributed by atoms with van der Waals surface area (Å²) in [6.07, 6.45) is 1.28. The Morgan fingerprint density at radius 1 is 1.07 bits per heavy atom. The van der Waals surface area contributed by atoms with E-state index in [1.807, 2.05) is 24.3 Å². The largest absolute Gasteiger partial charge is 0.370 e. The first-order chi connectivity index (χ1) is 7.22. The van der Waals surface area contributed by atoms with E-state index in [9.17, 15) is 4.39 Å². The van der Waals surface area contributed by atoms with Gasteiger partial charge < -0.3 is 11.5 Å². The molecule has 4 heteroatoms. The SMILES string of the molecule is NC(N)=NCCc1ccc(CCF)cc1. The number of aryl methyl sites for hydroxylation is 1. The Labute approximate surface area is 89.0 Å². The third-order valence-electron chi connectivity index (χ3n) is 2.10. The lowest BCUT2D eigenvalue weighted by molar-refractivity contribution is 0.495. The predicted molar refractivity (Wildman–Crippen MR) is 60.5 cm³/mol. The highest BCUT2D eigenvalue weighted by Crippen LogP contribution is 2.06. The maximum Gasteiger partial charge on any atom is 0.185 e. The summed E-state index contributed by atoms with van der Waals surface area (Å²) in [6.45, 7) is 0.276. The number of nitrogens with zero attached hydrogens (tertiary/aromatic N) is 1. The lowest BCUT2D eigenvalue weighted by Gasteiger charge is -2.01. The molecule has 0 aromatic heterocycles. The van der Waals surface area contributed by atoms with E-state index < -0.39 is 0 Å². The molecule has 0 spiro atoms. The lowest BCUT2D eigenvalue weighted by Crippen LogP contribution is -2.23. The van der Waals surface area contributed by atoms with Gasteiger partial charge in [0, 0.05) is 13.0 Å². The minimum absolute atomic E-state index is 0.115. The molecule has 0 amide bonds. The number of hydrogen-bond acceptors (Lipinski definition) is 1. The van der Waals surface area contributed by atoms with Crippen LogP contribution in [-0.4, -0.2) is 19.2 Å². The summed E-state index contributed by atoms with van der Waals surface area (Å²) in [5.74, 6) is 0.115. The lowest BCUT2D eigenvalue weighted by atomic mass is 10.1. The van der Waals surface area contributed by atoms with Gasteiger partial charge in [0.15, 0.2) is 5.96 Å². The fourth-order valence-corrected chi connectivity index (χ4v) is 1.30. The van der Waals surface area contributed by atoms with Crippen LogP contribution >= 0.6 is 0 Å². The molecule has 0 unspecified atom stereocenters. The zero-order chi connectivity index (χ0) is 11.1. The topological polar surface area (TPSA) is 64.4 Å². The summed E-state index contributed by atoms with van der Waals surface area (Å²) in [5, 5.41) is 0. The van der Waals surface area contributed by atoms with Crippen molar-refractivity contribution in [3.8, 4) is 0 Å². The second kappa shape index (κ2) is 6.01. The van der Waals surface area contributed by atoms with Crippen molar-refractivity contribution in [1.29, 1.82) is 0 Å². The maximum absolute atomic E-state index is 12.0. The van der Waals surface area contributed by atoms with E-state index in [1.54, 1.807) is 0 Å². The number of halogens is 1. The molecule has 1 aromatic rings. The molecule has 82 valence electrons. The van der Waals surface area contributed by atoms with Gasteiger partial charge in [-0.1, -0.05) is 24.3 Å². The Morgan fingerprint density at radius 3 is 2.07 bits per heavy atom. The highest BCUT2D eigenvalue weighted by atomic mass is 19.1. The van der Waals surface area contributed by atoms with Crippen LogP contribution < -0.4 is 11.5 Å². The van der Waals surface area contributed by atoms with Crippen molar-refractivity contribution >= 4 is 5.96 Å². The average molecular weight is 209 g/mol. The van der Waals surface area contributed by atoms with Crippen LogP contribution in [0, 0.1) is 0 Å². The van der Waals surface area contributed by atoms with Crippen LogP contribution in [0.15, 0.2) is 29.3 Å². The predicted octanol–water partition coefficient (Wildman–Crippen LogP) is 1.01. The molecule has 0 radical (unpaired) electrons. The first-order valence-corrected chi connectivity index (χ1v) is 4.91. The normalized spacial score (nSPS) is 9.93. The molecule has 0 saturated carbocycles. The van der Waals surface area contributed by atoms with Crippen LogP contribution in [0.5, 0.6) is 0 Å². The van der Waals surface area contributed by atoms with E-state index in [-0.39, 0.29) is 12.6 Å². The van der Waals surface area contributed by atoms with Gasteiger partial charge >= 0.3 is 0 Å². The minimum Gasteiger partial charge on any atom is -0.370 e. The number of rotatable bonds is 5. The summed E-state index contributed by atoms with van der Waals surface area (Å²) in [5.41, 5.74) is 12.6. The second-order valence-electron chi connectivity index (χ2n) is 3.31. The third kappa shape index (κ3) is 4.44. The zero-order valence-electron chi connectivity index (χ0n) is 8.62. The smallest absolute Gasteiger partial charge is 0.185 e. The highest BCUT2D eigenvalue weighted by Gasteiger charge is 1.94. The van der Waals surface area contributed by atoms with Crippen molar-refractivity contribution in [2.24, 2.45) is 16.5 Å². The van der Waals surface area contributed by atoms with Crippen LogP contribution in [0.2, 0.25) is 0 Å². The molecular formula is C11H16FN3. The van der Waals surface area contributed by atoms with Gasteiger partial charge in [-0.15, -0.1) is 0 Å². The van der Waals surface area contributed by atoms with E-state index in [0.717, 1.165) is 17.5 Å². The van der Waals surface area contributed by atoms with Crippen LogP contribution in [0.3, 0.4) is 0 Å². The van der Waals surface area contributed by atoms with Gasteiger partial charge in [0.25, 0.3) is 0 Å². The Balaban J connectivity index is 2.46. The maximum atomic E-state index is 12.0. The number of nitrogens with two attached hydrogens (primary N) is 2. The van der Waals surface area contributed by atoms with Crippen molar-refractivity contribution in [2.45, 2.75) is 12.8 Å². The highest BCUT2D eigenvalue weighted by molar-refractivity contribution is 5.75. The van der Waals surface area contributed by atoms with E-state index in [1.165, 1.54) is 0 Å². The van der Waals surface area contributed by atoms with Crippen molar-refractivity contribution < 1.29 is 4.39 Å². The molecule has 15 heavy (non-hydrogen) atoms. The molecule has 0 fully saturated rings. The van der Waals surface area contributed by atoms with Crippen LogP contribution in [-0.2, 0) is 12.8 Å². The summed E-state index contributed by atoms with van der Waals surface area (Å²) in [7, 11) is 0. The second-order valence-corrected chi connectivity index (χ2v) is 3.31. The molecule has 0 atom stereocenters. The molecule has 4 N–H and O–H groups in total. The van der Waals surface area contributed by atoms with E-state index in [0.29, 0.717) is 13.0 Å². The molecule has 3 nitrogen and oxygen atoms in total. The Bertz CT molecular complexity index is 315. The van der Waals surface area contributed by atoms with Gasteiger partial charge in [-0.05, 0) is 17.5 Å². The first-order valence-electron chi connectivity index (χ1n) is 4.91. The van der Waals surface area contributed by atoms with Crippen LogP contribution in [0.4, 0.5) is 4.39 Å². The molecule has 0 bridgehead atoms. The molecule has 1 aromatic carbocycles. The van der Waals surface area contributed by atoms with Crippen LogP contribution in [0.1, 0.15) is 11.1 Å². The molecule has 0 heterocycles. The monoisotopic (exact) mass is 209 g/mol. The summed E-state index contributed by atoms with van der Waals surface area (Å²) in [4.78, 5) is 3.89. The summed E-state index contributed by atoms with van der Waals surface area (Å²) >= 11 is 0. The average Bonchev–Trinajstić information content (AvgIpc) is 2.20. The van der Waals surface area contributed by atoms with Gasteiger partial charge in [0.2, 0.25) is 0 Å². The number of hydrogen-bond donors (Lipinski definition) is 2. The summed E-state index contributed by atoms with van der Waals surface area (Å²) in [6, 6.07) is 7.83. The Kier molecular flexibility index (Phi) is 4.60. The number of benzene rings is 1. The fraction of sp³-hybridized carbons (Fsp3) is 0.364. The van der Waals surface area contributed by atoms with E-state index >= 15 is 0 Å². The number of aliphatic imine (C=N–C) groups is 1. The van der Waals surface area contributed by atoms with E-state index in [4.69, 9.17) is 11.5 Å². The summed E-state index contributed by atoms with van der Waals surface area (Å²) < 4.78 is 12.0. The third-order valence-corrected chi connectivity index (χ3v) is 2.10. The van der Waals surface area contributed by atoms with Gasteiger partial charge in [0.05, 0.1) is 6.67 Å². The Morgan fingerprint density at radius 2 is 1.60 bits per heavy atom. The number of guanidine groups is 1. The zero-order valence-corrected chi connectivity index (χ0v) is 8.62. The van der Waals surface area contributed by atoms with Gasteiger partial charge in [0.1, 0.15) is 0 Å². The van der Waals surface area contributed by atoms with Gasteiger partial charge in [-0.2, -0.15) is 0 Å². The fourth-order valence-electron chi connectivity index (χ4n) is 1.30. The molecule has 0 aliphatic heterocycles. The Hall–Kier alpha value is -1.58. The van der Waals surface area contributed by atoms with Crippen molar-refractivity contribution in [3.63, 3.8) is 0 Å². The van der Waals surface area contributed by atoms with Crippen LogP contribution in [0.25, 0.3) is 0 Å². The molecule has 1 rings (SSSR count).